The predicted octanol–water partition coefficient (Wildman–Crippen LogP) is 2.29. The first-order valence-electron chi connectivity index (χ1n) is 11.6. The average molecular weight is 426 g/mol. The number of carbonyl (C=O) groups excluding carboxylic acids is 1. The number of aryl methyl sites for hydroxylation is 1. The van der Waals surface area contributed by atoms with Crippen molar-refractivity contribution in [2.75, 3.05) is 44.3 Å². The van der Waals surface area contributed by atoms with Crippen molar-refractivity contribution in [1.29, 1.82) is 0 Å². The highest BCUT2D eigenvalue weighted by Crippen LogP contribution is 2.31. The number of carbonyl (C=O) groups is 1. The Bertz CT molecular complexity index is 1020. The number of hydrogen-bond acceptors (Lipinski definition) is 6. The minimum Gasteiger partial charge on any atom is -0.378 e. The Labute approximate surface area is 182 Å². The lowest BCUT2D eigenvalue weighted by Crippen LogP contribution is -2.47. The maximum absolute atomic E-state index is 12.8. The zero-order chi connectivity index (χ0) is 21.4. The fourth-order valence-corrected chi connectivity index (χ4v) is 5.30. The van der Waals surface area contributed by atoms with Gasteiger partial charge in [0.05, 0.1) is 13.2 Å². The van der Waals surface area contributed by atoms with Crippen LogP contribution in [0.1, 0.15) is 50.1 Å². The normalized spacial score (nSPS) is 21.2. The number of anilines is 1. The zero-order valence-corrected chi connectivity index (χ0v) is 18.3. The van der Waals surface area contributed by atoms with Crippen LogP contribution < -0.4 is 10.5 Å². The van der Waals surface area contributed by atoms with Gasteiger partial charge in [-0.3, -0.25) is 14.2 Å². The molecule has 0 atom stereocenters. The molecule has 0 aromatic carbocycles. The first-order chi connectivity index (χ1) is 15.1. The molecule has 0 bridgehead atoms. The molecule has 31 heavy (non-hydrogen) atoms. The maximum Gasteiger partial charge on any atom is 0.252 e. The van der Waals surface area contributed by atoms with Gasteiger partial charge in [-0.25, -0.2) is 4.98 Å². The van der Waals surface area contributed by atoms with Crippen LogP contribution in [0.2, 0.25) is 0 Å². The summed E-state index contributed by atoms with van der Waals surface area (Å²) in [4.78, 5) is 39.3. The van der Waals surface area contributed by atoms with E-state index in [2.05, 4.69) is 9.88 Å². The molecule has 8 nitrogen and oxygen atoms in total. The zero-order valence-electron chi connectivity index (χ0n) is 18.3. The maximum atomic E-state index is 12.8. The molecule has 2 aromatic rings. The Hall–Kier alpha value is -2.48. The van der Waals surface area contributed by atoms with Crippen LogP contribution >= 0.6 is 0 Å². The second-order valence-corrected chi connectivity index (χ2v) is 9.08. The number of hydrogen-bond donors (Lipinski definition) is 0. The Morgan fingerprint density at radius 1 is 1.06 bits per heavy atom. The van der Waals surface area contributed by atoms with Gasteiger partial charge in [0, 0.05) is 55.8 Å². The van der Waals surface area contributed by atoms with Gasteiger partial charge in [0.1, 0.15) is 5.65 Å². The van der Waals surface area contributed by atoms with Crippen molar-refractivity contribution in [1.82, 2.24) is 19.4 Å². The van der Waals surface area contributed by atoms with Crippen LogP contribution in [0.4, 0.5) is 5.95 Å². The monoisotopic (exact) mass is 425 g/mol. The van der Waals surface area contributed by atoms with Crippen LogP contribution in [-0.2, 0) is 9.53 Å². The molecule has 5 rings (SSSR count). The van der Waals surface area contributed by atoms with E-state index in [0.29, 0.717) is 32.3 Å². The highest BCUT2D eigenvalue weighted by Gasteiger charge is 2.30. The number of rotatable bonds is 3. The van der Waals surface area contributed by atoms with E-state index in [9.17, 15) is 9.59 Å². The van der Waals surface area contributed by atoms with Crippen LogP contribution in [0, 0.1) is 12.8 Å². The van der Waals surface area contributed by atoms with Crippen molar-refractivity contribution in [3.8, 4) is 0 Å². The van der Waals surface area contributed by atoms with Gasteiger partial charge in [0.15, 0.2) is 0 Å². The Morgan fingerprint density at radius 3 is 2.48 bits per heavy atom. The van der Waals surface area contributed by atoms with Crippen LogP contribution in [0.5, 0.6) is 0 Å². The summed E-state index contributed by atoms with van der Waals surface area (Å²) in [5.41, 5.74) is 1.72. The van der Waals surface area contributed by atoms with Crippen molar-refractivity contribution in [3.05, 3.63) is 28.2 Å². The number of aromatic nitrogens is 3. The molecule has 0 N–H and O–H groups in total. The minimum atomic E-state index is 0.0383. The second-order valence-electron chi connectivity index (χ2n) is 9.08. The highest BCUT2D eigenvalue weighted by molar-refractivity contribution is 5.80. The van der Waals surface area contributed by atoms with Gasteiger partial charge in [-0.1, -0.05) is 12.8 Å². The van der Waals surface area contributed by atoms with Gasteiger partial charge in [-0.2, -0.15) is 4.98 Å². The average Bonchev–Trinajstić information content (AvgIpc) is 3.33. The van der Waals surface area contributed by atoms with E-state index in [1.165, 1.54) is 0 Å². The Kier molecular flexibility index (Phi) is 5.65. The lowest BCUT2D eigenvalue weighted by Gasteiger charge is -2.35. The third kappa shape index (κ3) is 3.93. The molecule has 2 aliphatic heterocycles. The summed E-state index contributed by atoms with van der Waals surface area (Å²) in [5.74, 6) is 0.989. The number of piperidine rings is 1. The Morgan fingerprint density at radius 2 is 1.77 bits per heavy atom. The van der Waals surface area contributed by atoms with Crippen LogP contribution in [0.25, 0.3) is 11.0 Å². The first kappa shape index (κ1) is 20.4. The van der Waals surface area contributed by atoms with E-state index in [-0.39, 0.29) is 23.4 Å². The number of fused-ring (bicyclic) bond motifs is 1. The van der Waals surface area contributed by atoms with E-state index in [4.69, 9.17) is 9.72 Å². The quantitative estimate of drug-likeness (QED) is 0.751. The molecule has 1 aliphatic carbocycles. The number of nitrogens with zero attached hydrogens (tertiary/aromatic N) is 5. The molecule has 0 unspecified atom stereocenters. The van der Waals surface area contributed by atoms with Crippen LogP contribution in [0.3, 0.4) is 0 Å². The number of pyridine rings is 1. The van der Waals surface area contributed by atoms with Gasteiger partial charge in [0.25, 0.3) is 5.56 Å². The Balaban J connectivity index is 1.37. The first-order valence-corrected chi connectivity index (χ1v) is 11.6. The van der Waals surface area contributed by atoms with Crippen LogP contribution in [0.15, 0.2) is 17.1 Å². The van der Waals surface area contributed by atoms with E-state index in [0.717, 1.165) is 68.2 Å². The smallest absolute Gasteiger partial charge is 0.252 e. The molecule has 4 heterocycles. The molecule has 2 aromatic heterocycles. The van der Waals surface area contributed by atoms with Gasteiger partial charge >= 0.3 is 0 Å². The molecule has 8 heteroatoms. The number of amides is 1. The number of morpholine rings is 1. The number of ether oxygens (including phenoxy) is 1. The fourth-order valence-electron chi connectivity index (χ4n) is 5.30. The fraction of sp³-hybridized carbons (Fsp3) is 0.652. The lowest BCUT2D eigenvalue weighted by molar-refractivity contribution is -0.140. The largest absolute Gasteiger partial charge is 0.378 e. The molecule has 0 radical (unpaired) electrons. The third-order valence-electron chi connectivity index (χ3n) is 7.13. The summed E-state index contributed by atoms with van der Waals surface area (Å²) in [6.07, 6.45) is 7.87. The summed E-state index contributed by atoms with van der Waals surface area (Å²) in [7, 11) is 0. The summed E-state index contributed by atoms with van der Waals surface area (Å²) in [6.45, 7) is 6.14. The second kappa shape index (κ2) is 8.57. The SMILES string of the molecule is Cc1cc(=O)n(C2CCCC2)c2nc(N3CCC(C(=O)N4CCOCC4)CC3)ncc12. The van der Waals surface area contributed by atoms with Gasteiger partial charge < -0.3 is 14.5 Å². The molecule has 0 spiro atoms. The van der Waals surface area contributed by atoms with E-state index >= 15 is 0 Å². The lowest BCUT2D eigenvalue weighted by atomic mass is 9.95. The van der Waals surface area contributed by atoms with Crippen molar-refractivity contribution < 1.29 is 9.53 Å². The van der Waals surface area contributed by atoms with E-state index in [1.54, 1.807) is 6.07 Å². The topological polar surface area (TPSA) is 80.6 Å². The highest BCUT2D eigenvalue weighted by atomic mass is 16.5. The summed E-state index contributed by atoms with van der Waals surface area (Å²) >= 11 is 0. The minimum absolute atomic E-state index is 0.0383. The molecule has 1 amide bonds. The third-order valence-corrected chi connectivity index (χ3v) is 7.13. The van der Waals surface area contributed by atoms with E-state index < -0.39 is 0 Å². The molecule has 3 fully saturated rings. The summed E-state index contributed by atoms with van der Waals surface area (Å²) < 4.78 is 7.27. The van der Waals surface area contributed by atoms with Gasteiger partial charge in [-0.15, -0.1) is 0 Å². The van der Waals surface area contributed by atoms with Crippen LogP contribution in [-0.4, -0.2) is 64.7 Å². The standard InChI is InChI=1S/C23H31N5O3/c1-16-14-20(29)28(18-4-2-3-5-18)21-19(16)15-24-23(25-21)27-8-6-17(7-9-27)22(30)26-10-12-31-13-11-26/h14-15,17-18H,2-13H2,1H3. The summed E-state index contributed by atoms with van der Waals surface area (Å²) in [6, 6.07) is 1.95. The van der Waals surface area contributed by atoms with Gasteiger partial charge in [-0.05, 0) is 38.2 Å². The molecule has 1 saturated carbocycles. The molecule has 166 valence electrons. The van der Waals surface area contributed by atoms with Crippen molar-refractivity contribution in [3.63, 3.8) is 0 Å². The molecule has 2 saturated heterocycles. The van der Waals surface area contributed by atoms with Crippen molar-refractivity contribution in [2.45, 2.75) is 51.5 Å². The predicted molar refractivity (Wildman–Crippen MR) is 118 cm³/mol. The molecular weight excluding hydrogens is 394 g/mol. The van der Waals surface area contributed by atoms with Gasteiger partial charge in [0.2, 0.25) is 11.9 Å². The van der Waals surface area contributed by atoms with Crippen molar-refractivity contribution >= 4 is 22.9 Å². The molecule has 3 aliphatic rings. The van der Waals surface area contributed by atoms with Crippen molar-refractivity contribution in [2.24, 2.45) is 5.92 Å². The summed E-state index contributed by atoms with van der Waals surface area (Å²) in [5, 5.41) is 0.952. The molecular formula is C23H31N5O3. The van der Waals surface area contributed by atoms with E-state index in [1.807, 2.05) is 22.6 Å².